The lowest BCUT2D eigenvalue weighted by Gasteiger charge is -2.07. The van der Waals surface area contributed by atoms with Crippen LogP contribution in [0, 0.1) is 0 Å². The number of rotatable bonds is 2. The van der Waals surface area contributed by atoms with Gasteiger partial charge in [-0.05, 0) is 0 Å². The van der Waals surface area contributed by atoms with E-state index in [-0.39, 0.29) is 0 Å². The Morgan fingerprint density at radius 2 is 1.67 bits per heavy atom. The van der Waals surface area contributed by atoms with Gasteiger partial charge in [0.15, 0.2) is 0 Å². The van der Waals surface area contributed by atoms with Gasteiger partial charge < -0.3 is 0 Å². The van der Waals surface area contributed by atoms with E-state index in [1.165, 1.54) is 0 Å². The van der Waals surface area contributed by atoms with Crippen molar-refractivity contribution in [1.29, 1.82) is 0 Å². The Hall–Kier alpha value is -0.720. The van der Waals surface area contributed by atoms with Crippen LogP contribution < -0.4 is 0 Å². The van der Waals surface area contributed by atoms with Gasteiger partial charge in [0.05, 0.1) is 0 Å². The third-order valence-electron chi connectivity index (χ3n) is 0.449. The largest absolute Gasteiger partial charge is 0.447 e. The molecule has 0 unspecified atom stereocenters. The molecule has 0 aliphatic carbocycles. The Labute approximate surface area is 45.7 Å². The van der Waals surface area contributed by atoms with E-state index >= 15 is 0 Å². The summed E-state index contributed by atoms with van der Waals surface area (Å²) in [5, 5.41) is -2.80. The third-order valence-corrected chi connectivity index (χ3v) is 0.449. The molecular weight excluding hydrogens is 149 g/mol. The summed E-state index contributed by atoms with van der Waals surface area (Å²) in [6, 6.07) is -8.69. The lowest BCUT2D eigenvalue weighted by molar-refractivity contribution is -0.318. The zero-order valence-electron chi connectivity index (χ0n) is 3.75. The lowest BCUT2D eigenvalue weighted by Crippen LogP contribution is -2.35. The predicted molar refractivity (Wildman–Crippen MR) is 15.1 cm³/mol. The number of hydrogen-bond donors (Lipinski definition) is 0. The second-order valence-electron chi connectivity index (χ2n) is 1.05. The molecule has 0 aromatic rings. The first-order valence-electron chi connectivity index (χ1n) is 1.58. The van der Waals surface area contributed by atoms with E-state index in [0.29, 0.717) is 0 Å². The van der Waals surface area contributed by atoms with Gasteiger partial charge in [-0.25, -0.2) is 0 Å². The van der Waals surface area contributed by atoms with Crippen LogP contribution >= 0.6 is 0 Å². The molecule has 0 rings (SSSR count). The summed E-state index contributed by atoms with van der Waals surface area (Å²) in [4.78, 5) is 8.97. The highest BCUT2D eigenvalue weighted by atomic mass is 19.4. The zero-order valence-corrected chi connectivity index (χ0v) is 3.75. The summed E-state index contributed by atoms with van der Waals surface area (Å²) in [6.45, 7) is 0. The maximum absolute atomic E-state index is 11.1. The molecule has 0 N–H and O–H groups in total. The molecule has 0 aliphatic heterocycles. The molecule has 0 aromatic heterocycles. The summed E-state index contributed by atoms with van der Waals surface area (Å²) < 4.78 is 54.4. The molecule has 0 saturated carbocycles. The molecule has 0 amide bonds. The molecule has 0 aliphatic rings. The Bertz CT molecular complexity index is 122. The molecule has 0 fully saturated rings. The Kier molecular flexibility index (Phi) is 2.08. The summed E-state index contributed by atoms with van der Waals surface area (Å²) in [7, 11) is 0. The van der Waals surface area contributed by atoms with Crippen LogP contribution in [0.2, 0.25) is 0 Å². The number of alkyl halides is 2. The van der Waals surface area contributed by atoms with Crippen molar-refractivity contribution in [1.82, 2.24) is 5.34 Å². The Morgan fingerprint density at radius 1 is 1.33 bits per heavy atom. The van der Waals surface area contributed by atoms with Gasteiger partial charge in [-0.1, -0.05) is 8.96 Å². The Balaban J connectivity index is 4.19. The van der Waals surface area contributed by atoms with Crippen LogP contribution in [0.4, 0.5) is 22.1 Å². The minimum atomic E-state index is -5.31. The number of halogens is 5. The van der Waals surface area contributed by atoms with Gasteiger partial charge in [-0.2, -0.15) is 13.2 Å². The predicted octanol–water partition coefficient (Wildman–Crippen LogP) is 1.15. The molecule has 0 aromatic carbocycles. The summed E-state index contributed by atoms with van der Waals surface area (Å²) in [5.41, 5.74) is 0. The number of carbonyl (C=O) groups excluding carboxylic acids is 1. The normalized spacial score (nSPS) is 12.2. The average molecular weight is 149 g/mol. The quantitative estimate of drug-likeness (QED) is 0.254. The minimum Gasteiger partial charge on any atom is -0.252 e. The lowest BCUT2D eigenvalue weighted by atomic mass is 10.6. The molecule has 0 saturated heterocycles. The fraction of sp³-hybridized carbons (Fsp3) is 0.500. The van der Waals surface area contributed by atoms with E-state index in [4.69, 9.17) is 4.79 Å². The van der Waals surface area contributed by atoms with Gasteiger partial charge >= 0.3 is 12.1 Å². The van der Waals surface area contributed by atoms with E-state index in [1.807, 2.05) is 0 Å². The highest BCUT2D eigenvalue weighted by Gasteiger charge is 2.48. The number of nitrogens with zero attached hydrogens (tertiary/aromatic N) is 1. The molecule has 0 bridgehead atoms. The van der Waals surface area contributed by atoms with Crippen LogP contribution in [0.25, 0.3) is 0 Å². The summed E-state index contributed by atoms with van der Waals surface area (Å²) >= 11 is 0. The van der Waals surface area contributed by atoms with Crippen LogP contribution in [0.15, 0.2) is 0 Å². The molecule has 0 radical (unpaired) electrons. The van der Waals surface area contributed by atoms with Gasteiger partial charge in [-0.15, -0.1) is 0 Å². The first-order valence-corrected chi connectivity index (χ1v) is 1.58. The van der Waals surface area contributed by atoms with Crippen LogP contribution in [-0.2, 0) is 4.79 Å². The molecule has 2 nitrogen and oxygen atoms in total. The molecule has 0 atom stereocenters. The molecule has 0 spiro atoms. The van der Waals surface area contributed by atoms with E-state index in [1.54, 1.807) is 0 Å². The minimum absolute atomic E-state index is 2.80. The Morgan fingerprint density at radius 3 is 1.67 bits per heavy atom. The zero-order chi connectivity index (χ0) is 7.65. The van der Waals surface area contributed by atoms with Crippen LogP contribution in [-0.4, -0.2) is 17.4 Å². The van der Waals surface area contributed by atoms with Gasteiger partial charge in [0.2, 0.25) is 0 Å². The standard InChI is InChI=1S/C2F5NO/c3-1(9)2(4,5)8(6)7. The third kappa shape index (κ3) is 1.60. The number of carbonyl (C=O) groups is 1. The van der Waals surface area contributed by atoms with Crippen molar-refractivity contribution in [3.8, 4) is 0 Å². The van der Waals surface area contributed by atoms with E-state index in [2.05, 4.69) is 0 Å². The van der Waals surface area contributed by atoms with Crippen molar-refractivity contribution >= 4 is 6.04 Å². The molecule has 0 heterocycles. The van der Waals surface area contributed by atoms with Gasteiger partial charge in [0.25, 0.3) is 0 Å². The molecule has 7 heteroatoms. The van der Waals surface area contributed by atoms with Crippen molar-refractivity contribution < 1.29 is 26.9 Å². The maximum Gasteiger partial charge on any atom is 0.447 e. The number of hydrogen-bond acceptors (Lipinski definition) is 2. The van der Waals surface area contributed by atoms with Crippen molar-refractivity contribution in [3.05, 3.63) is 0 Å². The highest BCUT2D eigenvalue weighted by molar-refractivity contribution is 5.75. The van der Waals surface area contributed by atoms with Crippen molar-refractivity contribution in [2.75, 3.05) is 0 Å². The summed E-state index contributed by atoms with van der Waals surface area (Å²) in [6.07, 6.45) is 0. The fourth-order valence-corrected chi connectivity index (χ4v) is 0.0664. The average Bonchev–Trinajstić information content (AvgIpc) is 1.65. The van der Waals surface area contributed by atoms with Crippen molar-refractivity contribution in [2.45, 2.75) is 6.05 Å². The maximum atomic E-state index is 11.1. The second kappa shape index (κ2) is 2.26. The molecule has 9 heavy (non-hydrogen) atoms. The van der Waals surface area contributed by atoms with Gasteiger partial charge in [0.1, 0.15) is 5.34 Å². The SMILES string of the molecule is O=C(F)C(F)(F)N(F)F. The fourth-order valence-electron chi connectivity index (χ4n) is 0.0664. The van der Waals surface area contributed by atoms with E-state index in [9.17, 15) is 22.1 Å². The smallest absolute Gasteiger partial charge is 0.252 e. The van der Waals surface area contributed by atoms with Crippen LogP contribution in [0.1, 0.15) is 0 Å². The van der Waals surface area contributed by atoms with Crippen molar-refractivity contribution in [2.24, 2.45) is 0 Å². The van der Waals surface area contributed by atoms with Gasteiger partial charge in [-0.3, -0.25) is 4.79 Å². The van der Waals surface area contributed by atoms with Crippen LogP contribution in [0.3, 0.4) is 0 Å². The van der Waals surface area contributed by atoms with E-state index in [0.717, 1.165) is 0 Å². The van der Waals surface area contributed by atoms with Gasteiger partial charge in [0, 0.05) is 0 Å². The van der Waals surface area contributed by atoms with E-state index < -0.39 is 17.4 Å². The second-order valence-corrected chi connectivity index (χ2v) is 1.05. The topological polar surface area (TPSA) is 20.3 Å². The molecule has 54 valence electrons. The summed E-state index contributed by atoms with van der Waals surface area (Å²) in [5.74, 6) is 0. The van der Waals surface area contributed by atoms with Crippen LogP contribution in [0.5, 0.6) is 0 Å². The molecular formula is C2F5NO. The van der Waals surface area contributed by atoms with Crippen molar-refractivity contribution in [3.63, 3.8) is 0 Å². The highest BCUT2D eigenvalue weighted by Crippen LogP contribution is 2.21. The monoisotopic (exact) mass is 149 g/mol. The first kappa shape index (κ1) is 8.28. The first-order chi connectivity index (χ1) is 3.89.